The van der Waals surface area contributed by atoms with Gasteiger partial charge in [0.1, 0.15) is 0 Å². The maximum Gasteiger partial charge on any atom is 0.184 e. The molecule has 1 saturated heterocycles. The lowest BCUT2D eigenvalue weighted by molar-refractivity contribution is 0.298. The number of thiocarbonyl (C=S) groups is 1. The first-order chi connectivity index (χ1) is 6.09. The molecule has 0 aromatic heterocycles. The van der Waals surface area contributed by atoms with Gasteiger partial charge < -0.3 is 10.6 Å². The molecule has 74 valence electrons. The number of hydrogen-bond acceptors (Lipinski definition) is 3. The first kappa shape index (κ1) is 10.4. The molecular weight excluding hydrogens is 184 g/mol. The molecule has 13 heavy (non-hydrogen) atoms. The van der Waals surface area contributed by atoms with E-state index in [4.69, 9.17) is 5.73 Å². The van der Waals surface area contributed by atoms with E-state index in [1.165, 1.54) is 0 Å². The maximum absolute atomic E-state index is 5.29. The lowest BCUT2D eigenvalue weighted by atomic mass is 9.98. The lowest BCUT2D eigenvalue weighted by Crippen LogP contribution is -2.38. The van der Waals surface area contributed by atoms with E-state index in [0.717, 1.165) is 25.2 Å². The predicted octanol–water partition coefficient (Wildman–Crippen LogP) is 0.147. The summed E-state index contributed by atoms with van der Waals surface area (Å²) < 4.78 is 0. The second kappa shape index (κ2) is 4.53. The second-order valence-electron chi connectivity index (χ2n) is 3.49. The Morgan fingerprint density at radius 1 is 1.77 bits per heavy atom. The van der Waals surface area contributed by atoms with E-state index in [2.05, 4.69) is 41.6 Å². The highest BCUT2D eigenvalue weighted by Crippen LogP contribution is 2.11. The van der Waals surface area contributed by atoms with Crippen molar-refractivity contribution in [2.24, 2.45) is 16.8 Å². The molecule has 0 amide bonds. The monoisotopic (exact) mass is 200 g/mol. The van der Waals surface area contributed by atoms with E-state index in [1.54, 1.807) is 0 Å². The van der Waals surface area contributed by atoms with Gasteiger partial charge in [0.15, 0.2) is 5.11 Å². The maximum atomic E-state index is 5.29. The van der Waals surface area contributed by atoms with E-state index in [0.29, 0.717) is 5.92 Å². The highest BCUT2D eigenvalue weighted by atomic mass is 32.1. The van der Waals surface area contributed by atoms with Crippen molar-refractivity contribution in [3.05, 3.63) is 0 Å². The molecule has 1 aliphatic heterocycles. The second-order valence-corrected chi connectivity index (χ2v) is 3.93. The van der Waals surface area contributed by atoms with Gasteiger partial charge in [0.05, 0.1) is 0 Å². The number of likely N-dealkylation sites (tertiary alicyclic amines) is 1. The average molecular weight is 200 g/mol. The van der Waals surface area contributed by atoms with Crippen LogP contribution >= 0.6 is 12.2 Å². The van der Waals surface area contributed by atoms with Gasteiger partial charge in [0, 0.05) is 31.1 Å². The van der Waals surface area contributed by atoms with E-state index < -0.39 is 0 Å². The van der Waals surface area contributed by atoms with Crippen molar-refractivity contribution in [1.82, 2.24) is 10.3 Å². The van der Waals surface area contributed by atoms with Gasteiger partial charge in [-0.3, -0.25) is 5.43 Å². The summed E-state index contributed by atoms with van der Waals surface area (Å²) in [5, 5.41) is 4.41. The molecular formula is C8H16N4S. The van der Waals surface area contributed by atoms with Gasteiger partial charge in [-0.05, 0) is 19.3 Å². The van der Waals surface area contributed by atoms with E-state index >= 15 is 0 Å². The number of rotatable bonds is 1. The van der Waals surface area contributed by atoms with Crippen LogP contribution < -0.4 is 11.2 Å². The Balaban J connectivity index is 2.50. The predicted molar refractivity (Wildman–Crippen MR) is 58.6 cm³/mol. The van der Waals surface area contributed by atoms with Crippen LogP contribution in [0, 0.1) is 5.92 Å². The fourth-order valence-electron chi connectivity index (χ4n) is 1.51. The van der Waals surface area contributed by atoms with Crippen LogP contribution in [-0.4, -0.2) is 35.9 Å². The van der Waals surface area contributed by atoms with Crippen LogP contribution in [0.3, 0.4) is 0 Å². The van der Waals surface area contributed by atoms with Crippen molar-refractivity contribution < 1.29 is 0 Å². The molecule has 1 fully saturated rings. The summed E-state index contributed by atoms with van der Waals surface area (Å²) in [4.78, 5) is 2.30. The number of hydrogen-bond donors (Lipinski definition) is 2. The Labute approximate surface area is 84.2 Å². The van der Waals surface area contributed by atoms with Gasteiger partial charge in [-0.1, -0.05) is 6.92 Å². The smallest absolute Gasteiger partial charge is 0.184 e. The van der Waals surface area contributed by atoms with Gasteiger partial charge in [-0.25, -0.2) is 0 Å². The number of nitrogens with zero attached hydrogens (tertiary/aromatic N) is 2. The summed E-state index contributed by atoms with van der Waals surface area (Å²) >= 11 is 4.67. The van der Waals surface area contributed by atoms with E-state index in [-0.39, 0.29) is 5.11 Å². The quantitative estimate of drug-likeness (QED) is 0.467. The standard InChI is InChI=1S/C8H16N4S/c1-6-5-12(2)4-3-7(6)10-11-8(9)13/h6H,3-5H2,1-2H3,(H3,9,11,13)/b10-7+. The molecule has 0 spiro atoms. The minimum Gasteiger partial charge on any atom is -0.375 e. The lowest BCUT2D eigenvalue weighted by Gasteiger charge is -2.28. The molecule has 0 radical (unpaired) electrons. The van der Waals surface area contributed by atoms with Crippen molar-refractivity contribution in [3.8, 4) is 0 Å². The molecule has 4 nitrogen and oxygen atoms in total. The minimum atomic E-state index is 0.235. The molecule has 1 heterocycles. The summed E-state index contributed by atoms with van der Waals surface area (Å²) in [6.07, 6.45) is 0.993. The Hall–Kier alpha value is -0.680. The minimum absolute atomic E-state index is 0.235. The molecule has 1 rings (SSSR count). The molecule has 0 saturated carbocycles. The third kappa shape index (κ3) is 3.28. The van der Waals surface area contributed by atoms with E-state index in [1.807, 2.05) is 0 Å². The normalized spacial score (nSPS) is 27.5. The Kier molecular flexibility index (Phi) is 3.62. The topological polar surface area (TPSA) is 53.6 Å². The van der Waals surface area contributed by atoms with Gasteiger partial charge in [0.25, 0.3) is 0 Å². The zero-order chi connectivity index (χ0) is 9.84. The van der Waals surface area contributed by atoms with Crippen LogP contribution in [0.25, 0.3) is 0 Å². The van der Waals surface area contributed by atoms with Crippen LogP contribution in [0.1, 0.15) is 13.3 Å². The Bertz CT molecular complexity index is 226. The zero-order valence-corrected chi connectivity index (χ0v) is 8.90. The molecule has 0 aromatic rings. The number of piperidine rings is 1. The highest BCUT2D eigenvalue weighted by Gasteiger charge is 2.19. The van der Waals surface area contributed by atoms with Crippen LogP contribution in [0.15, 0.2) is 5.10 Å². The van der Waals surface area contributed by atoms with Gasteiger partial charge in [-0.15, -0.1) is 0 Å². The third-order valence-electron chi connectivity index (χ3n) is 2.21. The van der Waals surface area contributed by atoms with Crippen molar-refractivity contribution in [1.29, 1.82) is 0 Å². The molecule has 1 unspecified atom stereocenters. The molecule has 0 aliphatic carbocycles. The SMILES string of the molecule is CC1CN(C)CC/C1=N\NC(N)=S. The number of hydrazone groups is 1. The van der Waals surface area contributed by atoms with E-state index in [9.17, 15) is 0 Å². The Morgan fingerprint density at radius 2 is 2.46 bits per heavy atom. The summed E-state index contributed by atoms with van der Waals surface area (Å²) in [5.74, 6) is 0.487. The largest absolute Gasteiger partial charge is 0.375 e. The van der Waals surface area contributed by atoms with Crippen LogP contribution in [-0.2, 0) is 0 Å². The van der Waals surface area contributed by atoms with Crippen molar-refractivity contribution in [2.45, 2.75) is 13.3 Å². The molecule has 0 aromatic carbocycles. The summed E-state index contributed by atoms with van der Waals surface area (Å²) in [5.41, 5.74) is 9.08. The first-order valence-corrected chi connectivity index (χ1v) is 4.81. The van der Waals surface area contributed by atoms with Gasteiger partial charge in [-0.2, -0.15) is 5.10 Å². The fourth-order valence-corrected chi connectivity index (χ4v) is 1.55. The van der Waals surface area contributed by atoms with Crippen LogP contribution in [0.5, 0.6) is 0 Å². The summed E-state index contributed by atoms with van der Waals surface area (Å²) in [7, 11) is 2.12. The first-order valence-electron chi connectivity index (χ1n) is 4.40. The highest BCUT2D eigenvalue weighted by molar-refractivity contribution is 7.80. The average Bonchev–Trinajstić information content (AvgIpc) is 2.02. The molecule has 1 aliphatic rings. The summed E-state index contributed by atoms with van der Waals surface area (Å²) in [6.45, 7) is 4.27. The van der Waals surface area contributed by atoms with Gasteiger partial charge in [0.2, 0.25) is 0 Å². The van der Waals surface area contributed by atoms with Crippen LogP contribution in [0.2, 0.25) is 0 Å². The zero-order valence-electron chi connectivity index (χ0n) is 8.08. The molecule has 1 atom stereocenters. The number of nitrogens with two attached hydrogens (primary N) is 1. The van der Waals surface area contributed by atoms with Gasteiger partial charge >= 0.3 is 0 Å². The molecule has 0 bridgehead atoms. The van der Waals surface area contributed by atoms with Crippen molar-refractivity contribution in [3.63, 3.8) is 0 Å². The molecule has 5 heteroatoms. The Morgan fingerprint density at radius 3 is 3.00 bits per heavy atom. The van der Waals surface area contributed by atoms with Crippen molar-refractivity contribution >= 4 is 23.0 Å². The number of nitrogens with one attached hydrogen (secondary N) is 1. The fraction of sp³-hybridized carbons (Fsp3) is 0.750. The summed E-state index contributed by atoms with van der Waals surface area (Å²) in [6, 6.07) is 0. The third-order valence-corrected chi connectivity index (χ3v) is 2.31. The molecule has 3 N–H and O–H groups in total. The van der Waals surface area contributed by atoms with Crippen LogP contribution in [0.4, 0.5) is 0 Å². The van der Waals surface area contributed by atoms with Crippen molar-refractivity contribution in [2.75, 3.05) is 20.1 Å².